The van der Waals surface area contributed by atoms with Crippen LogP contribution in [0.4, 0.5) is 0 Å². The fourth-order valence-corrected chi connectivity index (χ4v) is 2.94. The van der Waals surface area contributed by atoms with Crippen molar-refractivity contribution in [2.45, 2.75) is 37.8 Å². The van der Waals surface area contributed by atoms with Gasteiger partial charge in [-0.3, -0.25) is 14.6 Å². The summed E-state index contributed by atoms with van der Waals surface area (Å²) in [4.78, 5) is 33.9. The third-order valence-electron chi connectivity index (χ3n) is 4.21. The minimum atomic E-state index is -0.523. The van der Waals surface area contributed by atoms with E-state index in [0.717, 1.165) is 31.7 Å². The first kappa shape index (κ1) is 17.7. The molecule has 26 heavy (non-hydrogen) atoms. The van der Waals surface area contributed by atoms with Crippen LogP contribution in [0.25, 0.3) is 0 Å². The molecule has 2 aromatic rings. The van der Waals surface area contributed by atoms with Crippen LogP contribution in [0.5, 0.6) is 17.6 Å². The number of carbonyl (C=O) groups excluding carboxylic acids is 1. The summed E-state index contributed by atoms with van der Waals surface area (Å²) in [6.07, 6.45) is 5.99. The highest BCUT2D eigenvalue weighted by Gasteiger charge is 2.25. The largest absolute Gasteiger partial charge is 0.494 e. The van der Waals surface area contributed by atoms with E-state index >= 15 is 0 Å². The number of ether oxygens (including phenoxy) is 2. The van der Waals surface area contributed by atoms with Crippen LogP contribution in [0, 0.1) is 0 Å². The number of carbonyl (C=O) groups is 1. The van der Waals surface area contributed by atoms with E-state index in [2.05, 4.69) is 20.3 Å². The number of nitrogens with zero attached hydrogens (tertiary/aromatic N) is 2. The van der Waals surface area contributed by atoms with E-state index in [-0.39, 0.29) is 29.5 Å². The maximum Gasteiger partial charge on any atom is 0.278 e. The van der Waals surface area contributed by atoms with Crippen LogP contribution in [0.2, 0.25) is 0 Å². The van der Waals surface area contributed by atoms with Crippen molar-refractivity contribution < 1.29 is 19.4 Å². The van der Waals surface area contributed by atoms with Crippen LogP contribution in [0.1, 0.15) is 36.0 Å². The molecule has 1 amide bonds. The first-order valence-electron chi connectivity index (χ1n) is 8.31. The molecule has 138 valence electrons. The molecule has 0 atom stereocenters. The highest BCUT2D eigenvalue weighted by molar-refractivity contribution is 5.94. The zero-order valence-corrected chi connectivity index (χ0v) is 14.3. The molecule has 0 aromatic carbocycles. The fourth-order valence-electron chi connectivity index (χ4n) is 2.94. The number of methoxy groups -OCH3 is 1. The van der Waals surface area contributed by atoms with Crippen molar-refractivity contribution in [2.24, 2.45) is 0 Å². The van der Waals surface area contributed by atoms with Gasteiger partial charge in [0.05, 0.1) is 12.7 Å². The summed E-state index contributed by atoms with van der Waals surface area (Å²) in [5, 5.41) is 12.3. The second-order valence-electron chi connectivity index (χ2n) is 6.05. The monoisotopic (exact) mass is 360 g/mol. The molecule has 9 heteroatoms. The van der Waals surface area contributed by atoms with Crippen molar-refractivity contribution in [3.63, 3.8) is 0 Å². The standard InChI is InChI=1S/C17H20N4O5/c1-25-16-17(19-7-6-18-16)26-12-4-2-11(3-5-12)20-15(24)10-8-13(22)21-14(23)9-10/h6-9,11-12H,2-5H2,1H3,(H,20,24)(H2,21,22,23). The molecule has 3 rings (SSSR count). The first-order valence-corrected chi connectivity index (χ1v) is 8.31. The second-order valence-corrected chi connectivity index (χ2v) is 6.05. The first-order chi connectivity index (χ1) is 12.5. The van der Waals surface area contributed by atoms with Gasteiger partial charge in [0.25, 0.3) is 23.2 Å². The molecular formula is C17H20N4O5. The zero-order chi connectivity index (χ0) is 18.5. The normalized spacial score (nSPS) is 19.6. The molecule has 0 unspecified atom stereocenters. The van der Waals surface area contributed by atoms with Gasteiger partial charge < -0.3 is 19.9 Å². The number of hydrogen-bond acceptors (Lipinski definition) is 7. The maximum atomic E-state index is 12.2. The number of amides is 1. The van der Waals surface area contributed by atoms with Gasteiger partial charge in [-0.05, 0) is 25.7 Å². The maximum absolute atomic E-state index is 12.2. The van der Waals surface area contributed by atoms with Crippen LogP contribution in [-0.4, -0.2) is 45.2 Å². The summed E-state index contributed by atoms with van der Waals surface area (Å²) < 4.78 is 11.0. The molecule has 9 nitrogen and oxygen atoms in total. The molecule has 0 spiro atoms. The van der Waals surface area contributed by atoms with E-state index in [1.807, 2.05) is 0 Å². The third-order valence-corrected chi connectivity index (χ3v) is 4.21. The molecule has 2 aromatic heterocycles. The van der Waals surface area contributed by atoms with Gasteiger partial charge in [0.2, 0.25) is 0 Å². The van der Waals surface area contributed by atoms with E-state index in [9.17, 15) is 14.7 Å². The summed E-state index contributed by atoms with van der Waals surface area (Å²) >= 11 is 0. The van der Waals surface area contributed by atoms with Gasteiger partial charge in [0, 0.05) is 30.6 Å². The zero-order valence-electron chi connectivity index (χ0n) is 14.3. The Hall–Kier alpha value is -3.10. The summed E-state index contributed by atoms with van der Waals surface area (Å²) in [6, 6.07) is 2.36. The van der Waals surface area contributed by atoms with E-state index in [0.29, 0.717) is 11.8 Å². The van der Waals surface area contributed by atoms with Gasteiger partial charge in [-0.2, -0.15) is 0 Å². The minimum absolute atomic E-state index is 0.0208. The molecular weight excluding hydrogens is 340 g/mol. The van der Waals surface area contributed by atoms with Crippen molar-refractivity contribution >= 4 is 5.91 Å². The molecule has 0 radical (unpaired) electrons. The quantitative estimate of drug-likeness (QED) is 0.726. The molecule has 1 saturated carbocycles. The number of hydrogen-bond donors (Lipinski definition) is 3. The Balaban J connectivity index is 1.53. The van der Waals surface area contributed by atoms with Crippen molar-refractivity contribution in [3.05, 3.63) is 40.4 Å². The lowest BCUT2D eigenvalue weighted by Gasteiger charge is -2.29. The van der Waals surface area contributed by atoms with Crippen molar-refractivity contribution in [3.8, 4) is 17.6 Å². The van der Waals surface area contributed by atoms with E-state index in [1.54, 1.807) is 6.20 Å². The fraction of sp³-hybridized carbons (Fsp3) is 0.412. The van der Waals surface area contributed by atoms with Gasteiger partial charge in [-0.1, -0.05) is 0 Å². The summed E-state index contributed by atoms with van der Waals surface area (Å²) in [7, 11) is 1.51. The predicted molar refractivity (Wildman–Crippen MR) is 91.4 cm³/mol. The number of aromatic nitrogens is 3. The smallest absolute Gasteiger partial charge is 0.278 e. The van der Waals surface area contributed by atoms with Crippen LogP contribution >= 0.6 is 0 Å². The summed E-state index contributed by atoms with van der Waals surface area (Å²) in [5.41, 5.74) is -0.390. The molecule has 0 saturated heterocycles. The highest BCUT2D eigenvalue weighted by Crippen LogP contribution is 2.27. The highest BCUT2D eigenvalue weighted by atomic mass is 16.5. The SMILES string of the molecule is COc1nccnc1OC1CCC(NC(=O)c2cc(O)[nH]c(=O)c2)CC1. The Morgan fingerprint density at radius 2 is 1.88 bits per heavy atom. The Morgan fingerprint density at radius 1 is 1.19 bits per heavy atom. The number of aromatic hydroxyl groups is 1. The lowest BCUT2D eigenvalue weighted by Crippen LogP contribution is -2.40. The number of aromatic amines is 1. The summed E-state index contributed by atoms with van der Waals surface area (Å²) in [6.45, 7) is 0. The molecule has 2 heterocycles. The van der Waals surface area contributed by atoms with Gasteiger partial charge in [0.15, 0.2) is 5.88 Å². The van der Waals surface area contributed by atoms with Crippen molar-refractivity contribution in [1.82, 2.24) is 20.3 Å². The molecule has 0 aliphatic heterocycles. The number of H-pyrrole nitrogens is 1. The molecule has 3 N–H and O–H groups in total. The number of nitrogens with one attached hydrogen (secondary N) is 2. The molecule has 1 fully saturated rings. The Morgan fingerprint density at radius 3 is 2.54 bits per heavy atom. The topological polar surface area (TPSA) is 126 Å². The average Bonchev–Trinajstić information content (AvgIpc) is 2.63. The lowest BCUT2D eigenvalue weighted by molar-refractivity contribution is 0.0885. The Kier molecular flexibility index (Phi) is 5.35. The van der Waals surface area contributed by atoms with Crippen LogP contribution < -0.4 is 20.3 Å². The third kappa shape index (κ3) is 4.29. The van der Waals surface area contributed by atoms with Gasteiger partial charge in [-0.25, -0.2) is 9.97 Å². The van der Waals surface area contributed by atoms with E-state index in [1.165, 1.54) is 19.4 Å². The van der Waals surface area contributed by atoms with Gasteiger partial charge in [0.1, 0.15) is 6.10 Å². The average molecular weight is 360 g/mol. The minimum Gasteiger partial charge on any atom is -0.494 e. The lowest BCUT2D eigenvalue weighted by atomic mass is 9.92. The van der Waals surface area contributed by atoms with Crippen molar-refractivity contribution in [1.29, 1.82) is 0 Å². The van der Waals surface area contributed by atoms with E-state index in [4.69, 9.17) is 9.47 Å². The summed E-state index contributed by atoms with van der Waals surface area (Å²) in [5.74, 6) is -0.0115. The predicted octanol–water partition coefficient (Wildman–Crippen LogP) is 0.999. The number of pyridine rings is 1. The number of rotatable bonds is 5. The van der Waals surface area contributed by atoms with Crippen LogP contribution in [0.15, 0.2) is 29.3 Å². The van der Waals surface area contributed by atoms with Crippen LogP contribution in [0.3, 0.4) is 0 Å². The Bertz CT molecular complexity index is 830. The molecule has 0 bridgehead atoms. The van der Waals surface area contributed by atoms with Crippen molar-refractivity contribution in [2.75, 3.05) is 7.11 Å². The molecule has 1 aliphatic rings. The molecule has 1 aliphatic carbocycles. The van der Waals surface area contributed by atoms with E-state index < -0.39 is 5.56 Å². The second kappa shape index (κ2) is 7.85. The Labute approximate surface area is 149 Å². The van der Waals surface area contributed by atoms with Crippen LogP contribution in [-0.2, 0) is 0 Å². The van der Waals surface area contributed by atoms with Gasteiger partial charge >= 0.3 is 0 Å². The van der Waals surface area contributed by atoms with Gasteiger partial charge in [-0.15, -0.1) is 0 Å².